The first-order valence-corrected chi connectivity index (χ1v) is 9.23. The number of hydrogen-bond acceptors (Lipinski definition) is 6. The molecule has 0 aliphatic heterocycles. The van der Waals surface area contributed by atoms with Crippen LogP contribution in [-0.2, 0) is 19.1 Å². The van der Waals surface area contributed by atoms with Gasteiger partial charge in [0.15, 0.2) is 6.10 Å². The molecule has 0 bridgehead atoms. The van der Waals surface area contributed by atoms with E-state index in [1.807, 2.05) is 37.3 Å². The van der Waals surface area contributed by atoms with E-state index in [-0.39, 0.29) is 18.6 Å². The molecule has 0 radical (unpaired) electrons. The SMILES string of the molecule is CCOc1ccc(/C=C/CC(C(=O)OC(C)C)[C@H](O)C(=O)OC(C)C)cc1. The van der Waals surface area contributed by atoms with Crippen LogP contribution < -0.4 is 4.74 Å². The van der Waals surface area contributed by atoms with Crippen molar-refractivity contribution in [2.45, 2.75) is 59.4 Å². The summed E-state index contributed by atoms with van der Waals surface area (Å²) in [6.45, 7) is 9.29. The van der Waals surface area contributed by atoms with Crippen LogP contribution in [0.15, 0.2) is 30.3 Å². The normalized spacial score (nSPS) is 13.6. The summed E-state index contributed by atoms with van der Waals surface area (Å²) in [5, 5.41) is 10.3. The Hall–Kier alpha value is -2.34. The summed E-state index contributed by atoms with van der Waals surface area (Å²) in [6, 6.07) is 7.46. The van der Waals surface area contributed by atoms with E-state index in [1.165, 1.54) is 0 Å². The van der Waals surface area contributed by atoms with Crippen molar-refractivity contribution in [3.8, 4) is 5.75 Å². The van der Waals surface area contributed by atoms with Crippen LogP contribution in [0.4, 0.5) is 0 Å². The lowest BCUT2D eigenvalue weighted by atomic mass is 9.97. The maximum atomic E-state index is 12.3. The number of aliphatic hydroxyl groups excluding tert-OH is 1. The topological polar surface area (TPSA) is 82.1 Å². The Balaban J connectivity index is 2.83. The zero-order valence-corrected chi connectivity index (χ0v) is 16.7. The Bertz CT molecular complexity index is 618. The van der Waals surface area contributed by atoms with Gasteiger partial charge in [-0.1, -0.05) is 24.3 Å². The van der Waals surface area contributed by atoms with Crippen molar-refractivity contribution in [1.29, 1.82) is 0 Å². The first kappa shape index (κ1) is 22.7. The number of rotatable bonds is 10. The molecule has 1 aromatic carbocycles. The van der Waals surface area contributed by atoms with Crippen LogP contribution in [0.25, 0.3) is 6.08 Å². The minimum Gasteiger partial charge on any atom is -0.494 e. The molecule has 6 heteroatoms. The lowest BCUT2D eigenvalue weighted by Crippen LogP contribution is -2.38. The highest BCUT2D eigenvalue weighted by molar-refractivity contribution is 5.84. The standard InChI is InChI=1S/C21H30O6/c1-6-25-17-12-10-16(11-13-17)8-7-9-18(20(23)26-14(2)3)19(22)21(24)27-15(4)5/h7-8,10-15,18-19,22H,6,9H2,1-5H3/b8-7+/t18?,19-/m0/s1. The molecule has 0 fully saturated rings. The van der Waals surface area contributed by atoms with E-state index in [4.69, 9.17) is 14.2 Å². The molecular formula is C21H30O6. The van der Waals surface area contributed by atoms with Crippen LogP contribution in [-0.4, -0.2) is 42.0 Å². The third kappa shape index (κ3) is 8.26. The van der Waals surface area contributed by atoms with E-state index in [1.54, 1.807) is 33.8 Å². The monoisotopic (exact) mass is 378 g/mol. The molecule has 150 valence electrons. The highest BCUT2D eigenvalue weighted by atomic mass is 16.6. The van der Waals surface area contributed by atoms with Crippen LogP contribution in [0.5, 0.6) is 5.75 Å². The summed E-state index contributed by atoms with van der Waals surface area (Å²) in [7, 11) is 0. The van der Waals surface area contributed by atoms with Gasteiger partial charge in [-0.25, -0.2) is 4.79 Å². The Morgan fingerprint density at radius 2 is 1.56 bits per heavy atom. The Morgan fingerprint density at radius 3 is 2.07 bits per heavy atom. The molecule has 0 saturated carbocycles. The van der Waals surface area contributed by atoms with E-state index in [0.29, 0.717) is 6.61 Å². The lowest BCUT2D eigenvalue weighted by molar-refractivity contribution is -0.170. The van der Waals surface area contributed by atoms with Gasteiger partial charge in [-0.2, -0.15) is 0 Å². The summed E-state index contributed by atoms with van der Waals surface area (Å²) in [6.07, 6.45) is 1.38. The van der Waals surface area contributed by atoms with Crippen LogP contribution >= 0.6 is 0 Å². The average Bonchev–Trinajstić information content (AvgIpc) is 2.58. The van der Waals surface area contributed by atoms with Crippen molar-refractivity contribution >= 4 is 18.0 Å². The number of ether oxygens (including phenoxy) is 3. The predicted octanol–water partition coefficient (Wildman–Crippen LogP) is 3.37. The molecule has 0 amide bonds. The van der Waals surface area contributed by atoms with Crippen LogP contribution in [0.2, 0.25) is 0 Å². The minimum atomic E-state index is -1.58. The molecule has 27 heavy (non-hydrogen) atoms. The molecule has 6 nitrogen and oxygen atoms in total. The van der Waals surface area contributed by atoms with Gasteiger partial charge in [0.2, 0.25) is 0 Å². The fraction of sp³-hybridized carbons (Fsp3) is 0.524. The Labute approximate surface area is 161 Å². The molecule has 0 aromatic heterocycles. The van der Waals surface area contributed by atoms with Crippen molar-refractivity contribution in [3.63, 3.8) is 0 Å². The molecule has 1 unspecified atom stereocenters. The summed E-state index contributed by atoms with van der Waals surface area (Å²) in [5.41, 5.74) is 0.911. The zero-order chi connectivity index (χ0) is 20.4. The number of allylic oxidation sites excluding steroid dienone is 1. The second-order valence-electron chi connectivity index (χ2n) is 6.66. The summed E-state index contributed by atoms with van der Waals surface area (Å²) < 4.78 is 15.6. The fourth-order valence-electron chi connectivity index (χ4n) is 2.33. The third-order valence-electron chi connectivity index (χ3n) is 3.52. The molecule has 0 aliphatic rings. The highest BCUT2D eigenvalue weighted by Gasteiger charge is 2.34. The summed E-state index contributed by atoms with van der Waals surface area (Å²) in [4.78, 5) is 24.3. The molecule has 2 atom stereocenters. The smallest absolute Gasteiger partial charge is 0.336 e. The number of aliphatic hydroxyl groups is 1. The van der Waals surface area contributed by atoms with E-state index < -0.39 is 24.0 Å². The molecule has 0 heterocycles. The van der Waals surface area contributed by atoms with Gasteiger partial charge in [-0.05, 0) is 58.7 Å². The van der Waals surface area contributed by atoms with E-state index in [2.05, 4.69) is 0 Å². The second-order valence-corrected chi connectivity index (χ2v) is 6.66. The van der Waals surface area contributed by atoms with Crippen LogP contribution in [0.3, 0.4) is 0 Å². The van der Waals surface area contributed by atoms with Gasteiger partial charge in [0.05, 0.1) is 24.7 Å². The first-order chi connectivity index (χ1) is 12.7. The number of esters is 2. The Morgan fingerprint density at radius 1 is 1.00 bits per heavy atom. The quantitative estimate of drug-likeness (QED) is 0.629. The largest absolute Gasteiger partial charge is 0.494 e. The second kappa shape index (κ2) is 11.4. The minimum absolute atomic E-state index is 0.146. The summed E-state index contributed by atoms with van der Waals surface area (Å²) in [5.74, 6) is -1.71. The van der Waals surface area contributed by atoms with Gasteiger partial charge in [0, 0.05) is 0 Å². The van der Waals surface area contributed by atoms with Gasteiger partial charge in [-0.3, -0.25) is 4.79 Å². The number of carbonyl (C=O) groups is 2. The summed E-state index contributed by atoms with van der Waals surface area (Å²) >= 11 is 0. The first-order valence-electron chi connectivity index (χ1n) is 9.23. The van der Waals surface area contributed by atoms with Gasteiger partial charge >= 0.3 is 11.9 Å². The molecular weight excluding hydrogens is 348 g/mol. The van der Waals surface area contributed by atoms with Gasteiger partial charge in [0.25, 0.3) is 0 Å². The van der Waals surface area contributed by atoms with Gasteiger partial charge in [0.1, 0.15) is 5.75 Å². The van der Waals surface area contributed by atoms with Crippen molar-refractivity contribution in [2.24, 2.45) is 5.92 Å². The van der Waals surface area contributed by atoms with E-state index in [9.17, 15) is 14.7 Å². The maximum Gasteiger partial charge on any atom is 0.336 e. The van der Waals surface area contributed by atoms with Crippen LogP contribution in [0, 0.1) is 5.92 Å². The van der Waals surface area contributed by atoms with E-state index in [0.717, 1.165) is 11.3 Å². The number of carbonyl (C=O) groups excluding carboxylic acids is 2. The van der Waals surface area contributed by atoms with Crippen molar-refractivity contribution < 1.29 is 28.9 Å². The maximum absolute atomic E-state index is 12.3. The zero-order valence-electron chi connectivity index (χ0n) is 16.7. The average molecular weight is 378 g/mol. The van der Waals surface area contributed by atoms with Gasteiger partial charge in [-0.15, -0.1) is 0 Å². The molecule has 1 rings (SSSR count). The third-order valence-corrected chi connectivity index (χ3v) is 3.52. The highest BCUT2D eigenvalue weighted by Crippen LogP contribution is 2.18. The van der Waals surface area contributed by atoms with Gasteiger partial charge < -0.3 is 19.3 Å². The fourth-order valence-corrected chi connectivity index (χ4v) is 2.33. The Kier molecular flexibility index (Phi) is 9.58. The van der Waals surface area contributed by atoms with Crippen LogP contribution in [0.1, 0.15) is 46.6 Å². The molecule has 0 saturated heterocycles. The molecule has 1 N–H and O–H groups in total. The number of benzene rings is 1. The molecule has 1 aromatic rings. The van der Waals surface area contributed by atoms with Crippen molar-refractivity contribution in [2.75, 3.05) is 6.61 Å². The van der Waals surface area contributed by atoms with Crippen molar-refractivity contribution in [1.82, 2.24) is 0 Å². The van der Waals surface area contributed by atoms with E-state index >= 15 is 0 Å². The molecule has 0 aliphatic carbocycles. The van der Waals surface area contributed by atoms with Crippen molar-refractivity contribution in [3.05, 3.63) is 35.9 Å². The number of hydrogen-bond donors (Lipinski definition) is 1. The molecule has 0 spiro atoms. The predicted molar refractivity (Wildman–Crippen MR) is 103 cm³/mol. The lowest BCUT2D eigenvalue weighted by Gasteiger charge is -2.21.